The first-order chi connectivity index (χ1) is 9.70. The van der Waals surface area contributed by atoms with Gasteiger partial charge in [0.2, 0.25) is 0 Å². The second-order valence-electron chi connectivity index (χ2n) is 4.19. The van der Waals surface area contributed by atoms with Gasteiger partial charge in [0.1, 0.15) is 6.33 Å². The van der Waals surface area contributed by atoms with Gasteiger partial charge in [0.05, 0.1) is 28.6 Å². The smallest absolute Gasteiger partial charge is 0.341 e. The summed E-state index contributed by atoms with van der Waals surface area (Å²) in [5.74, 6) is 0.287. The lowest BCUT2D eigenvalue weighted by Gasteiger charge is -2.01. The molecule has 3 aromatic heterocycles. The number of aryl methyl sites for hydroxylation is 1. The van der Waals surface area contributed by atoms with Crippen LogP contribution in [0.4, 0.5) is 0 Å². The van der Waals surface area contributed by atoms with Gasteiger partial charge in [-0.3, -0.25) is 0 Å². The summed E-state index contributed by atoms with van der Waals surface area (Å²) < 4.78 is 7.47. The maximum absolute atomic E-state index is 11.7. The lowest BCUT2D eigenvalue weighted by atomic mass is 10.3. The molecule has 0 aliphatic carbocycles. The van der Waals surface area contributed by atoms with Crippen LogP contribution >= 0.6 is 11.3 Å². The second-order valence-corrected chi connectivity index (χ2v) is 5.07. The molecule has 0 bridgehead atoms. The van der Waals surface area contributed by atoms with Crippen molar-refractivity contribution in [2.45, 2.75) is 13.8 Å². The lowest BCUT2D eigenvalue weighted by molar-refractivity contribution is 0.0526. The van der Waals surface area contributed by atoms with Crippen LogP contribution in [0.25, 0.3) is 16.0 Å². The molecule has 102 valence electrons. The minimum Gasteiger partial charge on any atom is -0.462 e. The number of thiophene rings is 1. The van der Waals surface area contributed by atoms with Crippen molar-refractivity contribution in [2.75, 3.05) is 6.61 Å². The van der Waals surface area contributed by atoms with Crippen molar-refractivity contribution in [3.05, 3.63) is 35.2 Å². The van der Waals surface area contributed by atoms with Crippen LogP contribution in [-0.2, 0) is 4.74 Å². The number of carbonyl (C=O) groups is 1. The van der Waals surface area contributed by atoms with Gasteiger partial charge in [0, 0.05) is 6.20 Å². The summed E-state index contributed by atoms with van der Waals surface area (Å²) in [6.45, 7) is 4.11. The van der Waals surface area contributed by atoms with Gasteiger partial charge in [-0.15, -0.1) is 11.3 Å². The standard InChI is InChI=1S/C13H12N4O2S/c1-3-19-13(18)9-4-16-17(5-9)12-11-10(14-7-15-12)8(2)6-20-11/h4-7H,3H2,1-2H3. The number of aromatic nitrogens is 4. The summed E-state index contributed by atoms with van der Waals surface area (Å²) in [4.78, 5) is 20.2. The van der Waals surface area contributed by atoms with Crippen LogP contribution in [0, 0.1) is 6.92 Å². The van der Waals surface area contributed by atoms with Crippen LogP contribution in [0.15, 0.2) is 24.1 Å². The SMILES string of the molecule is CCOC(=O)c1cnn(-c2ncnc3c(C)csc23)c1. The number of hydrogen-bond acceptors (Lipinski definition) is 6. The van der Waals surface area contributed by atoms with Crippen LogP contribution in [-0.4, -0.2) is 32.3 Å². The van der Waals surface area contributed by atoms with E-state index in [1.165, 1.54) is 12.5 Å². The van der Waals surface area contributed by atoms with Crippen molar-refractivity contribution in [3.63, 3.8) is 0 Å². The number of fused-ring (bicyclic) bond motifs is 1. The molecular formula is C13H12N4O2S. The van der Waals surface area contributed by atoms with E-state index in [-0.39, 0.29) is 5.97 Å². The zero-order valence-corrected chi connectivity index (χ0v) is 11.8. The molecule has 0 N–H and O–H groups in total. The van der Waals surface area contributed by atoms with E-state index in [9.17, 15) is 4.79 Å². The first-order valence-corrected chi connectivity index (χ1v) is 6.99. The highest BCUT2D eigenvalue weighted by Gasteiger charge is 2.14. The minimum absolute atomic E-state index is 0.339. The highest BCUT2D eigenvalue weighted by Crippen LogP contribution is 2.27. The minimum atomic E-state index is -0.383. The van der Waals surface area contributed by atoms with Gasteiger partial charge in [0.15, 0.2) is 5.82 Å². The Morgan fingerprint density at radius 2 is 2.30 bits per heavy atom. The van der Waals surface area contributed by atoms with Crippen LogP contribution in [0.1, 0.15) is 22.8 Å². The second kappa shape index (κ2) is 5.01. The Kier molecular flexibility index (Phi) is 3.19. The highest BCUT2D eigenvalue weighted by molar-refractivity contribution is 7.17. The van der Waals surface area contributed by atoms with Gasteiger partial charge in [-0.25, -0.2) is 19.4 Å². The molecule has 0 saturated heterocycles. The quantitative estimate of drug-likeness (QED) is 0.692. The van der Waals surface area contributed by atoms with E-state index < -0.39 is 0 Å². The molecular weight excluding hydrogens is 276 g/mol. The number of nitrogens with zero attached hydrogens (tertiary/aromatic N) is 4. The van der Waals surface area contributed by atoms with E-state index in [1.807, 2.05) is 12.3 Å². The number of ether oxygens (including phenoxy) is 1. The Bertz CT molecular complexity index is 778. The van der Waals surface area contributed by atoms with Crippen molar-refractivity contribution in [1.82, 2.24) is 19.7 Å². The highest BCUT2D eigenvalue weighted by atomic mass is 32.1. The Morgan fingerprint density at radius 1 is 1.45 bits per heavy atom. The Hall–Kier alpha value is -2.28. The molecule has 20 heavy (non-hydrogen) atoms. The molecule has 0 unspecified atom stereocenters. The van der Waals surface area contributed by atoms with Crippen LogP contribution < -0.4 is 0 Å². The maximum atomic E-state index is 11.7. The number of rotatable bonds is 3. The lowest BCUT2D eigenvalue weighted by Crippen LogP contribution is -2.03. The van der Waals surface area contributed by atoms with Crippen LogP contribution in [0.3, 0.4) is 0 Å². The zero-order chi connectivity index (χ0) is 14.1. The van der Waals surface area contributed by atoms with Gasteiger partial charge in [-0.2, -0.15) is 5.10 Å². The average molecular weight is 288 g/mol. The molecule has 0 aliphatic rings. The molecule has 7 heteroatoms. The molecule has 0 atom stereocenters. The monoisotopic (exact) mass is 288 g/mol. The Labute approximate surface area is 119 Å². The molecule has 3 heterocycles. The molecule has 0 aromatic carbocycles. The van der Waals surface area contributed by atoms with Gasteiger partial charge < -0.3 is 4.74 Å². The van der Waals surface area contributed by atoms with Gasteiger partial charge in [-0.05, 0) is 24.8 Å². The summed E-state index contributed by atoms with van der Waals surface area (Å²) in [5, 5.41) is 6.21. The van der Waals surface area contributed by atoms with Crippen molar-refractivity contribution in [2.24, 2.45) is 0 Å². The van der Waals surface area contributed by atoms with E-state index >= 15 is 0 Å². The molecule has 6 nitrogen and oxygen atoms in total. The third kappa shape index (κ3) is 2.05. The Morgan fingerprint density at radius 3 is 3.10 bits per heavy atom. The molecule has 0 saturated carbocycles. The number of esters is 1. The normalized spacial score (nSPS) is 10.9. The van der Waals surface area contributed by atoms with Crippen molar-refractivity contribution in [1.29, 1.82) is 0 Å². The molecule has 0 amide bonds. The molecule has 3 aromatic rings. The van der Waals surface area contributed by atoms with Crippen LogP contribution in [0.5, 0.6) is 0 Å². The largest absolute Gasteiger partial charge is 0.462 e. The summed E-state index contributed by atoms with van der Waals surface area (Å²) in [5.41, 5.74) is 2.42. The predicted octanol–water partition coefficient (Wildman–Crippen LogP) is 2.36. The van der Waals surface area contributed by atoms with E-state index in [1.54, 1.807) is 29.1 Å². The first-order valence-electron chi connectivity index (χ1n) is 6.11. The van der Waals surface area contributed by atoms with Crippen molar-refractivity contribution in [3.8, 4) is 5.82 Å². The summed E-state index contributed by atoms with van der Waals surface area (Å²) >= 11 is 1.56. The fraction of sp³-hybridized carbons (Fsp3) is 0.231. The first kappa shape index (κ1) is 12.7. The molecule has 0 aliphatic heterocycles. The topological polar surface area (TPSA) is 69.9 Å². The molecule has 0 fully saturated rings. The predicted molar refractivity (Wildman–Crippen MR) is 75.2 cm³/mol. The van der Waals surface area contributed by atoms with E-state index in [4.69, 9.17) is 4.74 Å². The third-order valence-electron chi connectivity index (χ3n) is 2.82. The van der Waals surface area contributed by atoms with E-state index in [0.717, 1.165) is 15.8 Å². The van der Waals surface area contributed by atoms with Gasteiger partial charge >= 0.3 is 5.97 Å². The third-order valence-corrected chi connectivity index (χ3v) is 3.91. The summed E-state index contributed by atoms with van der Waals surface area (Å²) in [6, 6.07) is 0. The molecule has 0 radical (unpaired) electrons. The maximum Gasteiger partial charge on any atom is 0.341 e. The van der Waals surface area contributed by atoms with Gasteiger partial charge in [0.25, 0.3) is 0 Å². The van der Waals surface area contributed by atoms with Crippen molar-refractivity contribution < 1.29 is 9.53 Å². The molecule has 3 rings (SSSR count). The average Bonchev–Trinajstić information content (AvgIpc) is 3.07. The number of hydrogen-bond donors (Lipinski definition) is 0. The fourth-order valence-corrected chi connectivity index (χ4v) is 2.86. The van der Waals surface area contributed by atoms with Gasteiger partial charge in [-0.1, -0.05) is 0 Å². The van der Waals surface area contributed by atoms with E-state index in [0.29, 0.717) is 18.0 Å². The fourth-order valence-electron chi connectivity index (χ4n) is 1.88. The zero-order valence-electron chi connectivity index (χ0n) is 11.0. The molecule has 0 spiro atoms. The van der Waals surface area contributed by atoms with E-state index in [2.05, 4.69) is 15.1 Å². The van der Waals surface area contributed by atoms with Crippen molar-refractivity contribution >= 4 is 27.5 Å². The summed E-state index contributed by atoms with van der Waals surface area (Å²) in [7, 11) is 0. The van der Waals surface area contributed by atoms with Crippen LogP contribution in [0.2, 0.25) is 0 Å². The summed E-state index contributed by atoms with van der Waals surface area (Å²) in [6.07, 6.45) is 4.60. The number of carbonyl (C=O) groups excluding carboxylic acids is 1. The Balaban J connectivity index is 2.05.